The highest BCUT2D eigenvalue weighted by atomic mass is 31.1. The van der Waals surface area contributed by atoms with Crippen molar-refractivity contribution in [2.24, 2.45) is 0 Å². The smallest absolute Gasteiger partial charge is 0.163 e. The van der Waals surface area contributed by atoms with Crippen molar-refractivity contribution in [3.8, 4) is 11.5 Å². The molecule has 3 rings (SSSR count). The van der Waals surface area contributed by atoms with Gasteiger partial charge in [-0.3, -0.25) is 0 Å². The first-order valence-electron chi connectivity index (χ1n) is 9.75. The topological polar surface area (TPSA) is 18.5 Å². The van der Waals surface area contributed by atoms with Gasteiger partial charge in [0.1, 0.15) is 0 Å². The van der Waals surface area contributed by atoms with Crippen molar-refractivity contribution in [3.63, 3.8) is 0 Å². The van der Waals surface area contributed by atoms with Crippen LogP contribution in [0.4, 0.5) is 0 Å². The molecule has 1 aromatic rings. The zero-order chi connectivity index (χ0) is 16.9. The van der Waals surface area contributed by atoms with Gasteiger partial charge in [0.15, 0.2) is 11.5 Å². The second-order valence-corrected chi connectivity index (χ2v) is 10.3. The van der Waals surface area contributed by atoms with Gasteiger partial charge < -0.3 is 9.47 Å². The van der Waals surface area contributed by atoms with Crippen LogP contribution < -0.4 is 14.8 Å². The Labute approximate surface area is 149 Å². The number of rotatable bonds is 5. The third-order valence-electron chi connectivity index (χ3n) is 5.88. The van der Waals surface area contributed by atoms with E-state index in [0.29, 0.717) is 0 Å². The van der Waals surface area contributed by atoms with Crippen LogP contribution in [0.3, 0.4) is 0 Å². The SMILES string of the molecule is COc1cc(P(C2CCCCC2)C2CCCCC2)cc(C)c1OC. The summed E-state index contributed by atoms with van der Waals surface area (Å²) in [5.74, 6) is 1.83. The highest BCUT2D eigenvalue weighted by Crippen LogP contribution is 2.55. The highest BCUT2D eigenvalue weighted by molar-refractivity contribution is 7.67. The summed E-state index contributed by atoms with van der Waals surface area (Å²) < 4.78 is 11.2. The lowest BCUT2D eigenvalue weighted by Gasteiger charge is -2.39. The molecule has 2 aliphatic rings. The van der Waals surface area contributed by atoms with E-state index in [4.69, 9.17) is 9.47 Å². The summed E-state index contributed by atoms with van der Waals surface area (Å²) in [5.41, 5.74) is 3.08. The number of methoxy groups -OCH3 is 2. The van der Waals surface area contributed by atoms with Gasteiger partial charge in [-0.1, -0.05) is 46.4 Å². The Hall–Kier alpha value is -0.750. The van der Waals surface area contributed by atoms with Crippen molar-refractivity contribution in [2.75, 3.05) is 14.2 Å². The van der Waals surface area contributed by atoms with E-state index in [1.165, 1.54) is 69.8 Å². The molecule has 2 fully saturated rings. The van der Waals surface area contributed by atoms with Gasteiger partial charge >= 0.3 is 0 Å². The molecule has 0 saturated heterocycles. The fourth-order valence-corrected chi connectivity index (χ4v) is 8.62. The van der Waals surface area contributed by atoms with Gasteiger partial charge in [-0.25, -0.2) is 0 Å². The van der Waals surface area contributed by atoms with Crippen LogP contribution in [-0.4, -0.2) is 25.5 Å². The molecule has 0 spiro atoms. The zero-order valence-corrected chi connectivity index (χ0v) is 16.5. The van der Waals surface area contributed by atoms with Crippen molar-refractivity contribution >= 4 is 13.2 Å². The van der Waals surface area contributed by atoms with Crippen molar-refractivity contribution in [1.29, 1.82) is 0 Å². The minimum Gasteiger partial charge on any atom is -0.493 e. The highest BCUT2D eigenvalue weighted by Gasteiger charge is 2.33. The Morgan fingerprint density at radius 2 is 1.33 bits per heavy atom. The molecule has 0 N–H and O–H groups in total. The predicted octanol–water partition coefficient (Wildman–Crippen LogP) is 5.78. The van der Waals surface area contributed by atoms with E-state index in [0.717, 1.165) is 22.8 Å². The van der Waals surface area contributed by atoms with Crippen LogP contribution in [0, 0.1) is 6.92 Å². The Morgan fingerprint density at radius 1 is 0.792 bits per heavy atom. The zero-order valence-electron chi connectivity index (χ0n) is 15.6. The van der Waals surface area contributed by atoms with E-state index in [1.807, 2.05) is 0 Å². The molecule has 2 nitrogen and oxygen atoms in total. The lowest BCUT2D eigenvalue weighted by molar-refractivity contribution is 0.353. The molecule has 1 aromatic carbocycles. The van der Waals surface area contributed by atoms with Crippen LogP contribution in [0.5, 0.6) is 11.5 Å². The van der Waals surface area contributed by atoms with E-state index >= 15 is 0 Å². The van der Waals surface area contributed by atoms with Crippen molar-refractivity contribution < 1.29 is 9.47 Å². The number of hydrogen-bond donors (Lipinski definition) is 0. The minimum atomic E-state index is -0.0832. The fraction of sp³-hybridized carbons (Fsp3) is 0.714. The Morgan fingerprint density at radius 3 is 1.79 bits per heavy atom. The first kappa shape index (κ1) is 18.1. The summed E-state index contributed by atoms with van der Waals surface area (Å²) in [5, 5.41) is 1.57. The van der Waals surface area contributed by atoms with Gasteiger partial charge in [-0.2, -0.15) is 0 Å². The lowest BCUT2D eigenvalue weighted by atomic mass is 9.99. The summed E-state index contributed by atoms with van der Waals surface area (Å²) in [6.07, 6.45) is 14.4. The van der Waals surface area contributed by atoms with Crippen LogP contribution in [0.15, 0.2) is 12.1 Å². The van der Waals surface area contributed by atoms with E-state index in [1.54, 1.807) is 19.5 Å². The molecule has 0 radical (unpaired) electrons. The Balaban J connectivity index is 1.96. The first-order chi connectivity index (χ1) is 11.7. The third-order valence-corrected chi connectivity index (χ3v) is 9.34. The van der Waals surface area contributed by atoms with E-state index < -0.39 is 0 Å². The minimum absolute atomic E-state index is 0.0832. The van der Waals surface area contributed by atoms with Gasteiger partial charge in [-0.15, -0.1) is 0 Å². The van der Waals surface area contributed by atoms with E-state index in [2.05, 4.69) is 19.1 Å². The van der Waals surface area contributed by atoms with Gasteiger partial charge in [0, 0.05) is 0 Å². The van der Waals surface area contributed by atoms with Crippen LogP contribution in [0.2, 0.25) is 0 Å². The summed E-state index contributed by atoms with van der Waals surface area (Å²) in [7, 11) is 3.43. The normalized spacial score (nSPS) is 20.3. The van der Waals surface area contributed by atoms with E-state index in [9.17, 15) is 0 Å². The number of aryl methyl sites for hydroxylation is 1. The summed E-state index contributed by atoms with van der Waals surface area (Å²) in [6, 6.07) is 4.72. The van der Waals surface area contributed by atoms with Gasteiger partial charge in [0.2, 0.25) is 0 Å². The lowest BCUT2D eigenvalue weighted by Crippen LogP contribution is -2.26. The molecule has 134 valence electrons. The number of ether oxygens (including phenoxy) is 2. The molecule has 2 saturated carbocycles. The van der Waals surface area contributed by atoms with Crippen molar-refractivity contribution in [3.05, 3.63) is 17.7 Å². The van der Waals surface area contributed by atoms with Crippen LogP contribution >= 0.6 is 7.92 Å². The molecule has 0 bridgehead atoms. The van der Waals surface area contributed by atoms with Crippen LogP contribution in [0.1, 0.15) is 69.8 Å². The molecule has 0 heterocycles. The molecule has 0 aromatic heterocycles. The molecular weight excluding hydrogens is 315 g/mol. The van der Waals surface area contributed by atoms with Crippen LogP contribution in [0.25, 0.3) is 0 Å². The number of hydrogen-bond acceptors (Lipinski definition) is 2. The van der Waals surface area contributed by atoms with E-state index in [-0.39, 0.29) is 7.92 Å². The monoisotopic (exact) mass is 348 g/mol. The van der Waals surface area contributed by atoms with Crippen molar-refractivity contribution in [2.45, 2.75) is 82.4 Å². The number of benzene rings is 1. The van der Waals surface area contributed by atoms with Gasteiger partial charge in [0.05, 0.1) is 14.2 Å². The molecule has 0 atom stereocenters. The van der Waals surface area contributed by atoms with Crippen LogP contribution in [-0.2, 0) is 0 Å². The van der Waals surface area contributed by atoms with Crippen molar-refractivity contribution in [1.82, 2.24) is 0 Å². The molecule has 2 aliphatic carbocycles. The molecule has 0 aliphatic heterocycles. The molecule has 0 unspecified atom stereocenters. The predicted molar refractivity (Wildman–Crippen MR) is 105 cm³/mol. The molecule has 3 heteroatoms. The average molecular weight is 348 g/mol. The second kappa shape index (κ2) is 8.56. The standard InChI is InChI=1S/C21H33O2P/c1-16-14-19(15-20(22-2)21(16)23-3)24(17-10-6-4-7-11-17)18-12-8-5-9-13-18/h14-15,17-18H,4-13H2,1-3H3. The molecular formula is C21H33O2P. The second-order valence-electron chi connectivity index (χ2n) is 7.49. The maximum Gasteiger partial charge on any atom is 0.163 e. The first-order valence-corrected chi connectivity index (χ1v) is 11.2. The average Bonchev–Trinajstić information content (AvgIpc) is 2.63. The summed E-state index contributed by atoms with van der Waals surface area (Å²) in [6.45, 7) is 2.17. The third kappa shape index (κ3) is 3.90. The largest absolute Gasteiger partial charge is 0.493 e. The Bertz CT molecular complexity index is 513. The van der Waals surface area contributed by atoms with Gasteiger partial charge in [0.25, 0.3) is 0 Å². The molecule has 0 amide bonds. The molecule has 24 heavy (non-hydrogen) atoms. The quantitative estimate of drug-likeness (QED) is 0.628. The van der Waals surface area contributed by atoms with Gasteiger partial charge in [-0.05, 0) is 66.9 Å². The Kier molecular flexibility index (Phi) is 6.44. The summed E-state index contributed by atoms with van der Waals surface area (Å²) >= 11 is 0. The summed E-state index contributed by atoms with van der Waals surface area (Å²) in [4.78, 5) is 0. The maximum atomic E-state index is 5.67. The fourth-order valence-electron chi connectivity index (χ4n) is 4.72. The maximum absolute atomic E-state index is 5.67.